The Kier molecular flexibility index (Phi) is 7.00. The molecule has 2 aromatic rings. The lowest BCUT2D eigenvalue weighted by atomic mass is 10.1. The largest absolute Gasteiger partial charge is 0.493 e. The SMILES string of the molecule is CCOc1cc2c(cc1/C=C/C(=O)Nc1ccc(C(=O)NC(C)C)c(C)c1)OC(C)C2. The predicted molar refractivity (Wildman–Crippen MR) is 123 cm³/mol. The number of rotatable bonds is 7. The van der Waals surface area contributed by atoms with Crippen molar-refractivity contribution in [1.29, 1.82) is 0 Å². The molecule has 0 aromatic heterocycles. The van der Waals surface area contributed by atoms with E-state index in [9.17, 15) is 9.59 Å². The summed E-state index contributed by atoms with van der Waals surface area (Å²) in [5, 5.41) is 5.72. The number of ether oxygens (including phenoxy) is 2. The lowest BCUT2D eigenvalue weighted by Crippen LogP contribution is -2.30. The quantitative estimate of drug-likeness (QED) is 0.644. The Morgan fingerprint density at radius 1 is 1.26 bits per heavy atom. The highest BCUT2D eigenvalue weighted by molar-refractivity contribution is 6.03. The van der Waals surface area contributed by atoms with E-state index in [-0.39, 0.29) is 24.0 Å². The Bertz CT molecular complexity index is 1010. The van der Waals surface area contributed by atoms with Crippen LogP contribution in [0, 0.1) is 6.92 Å². The maximum Gasteiger partial charge on any atom is 0.251 e. The van der Waals surface area contributed by atoms with E-state index in [0.717, 1.165) is 34.6 Å². The summed E-state index contributed by atoms with van der Waals surface area (Å²) in [6, 6.07) is 9.20. The van der Waals surface area contributed by atoms with Crippen LogP contribution in [0.5, 0.6) is 11.5 Å². The molecule has 164 valence electrons. The number of nitrogens with one attached hydrogen (secondary N) is 2. The predicted octanol–water partition coefficient (Wildman–Crippen LogP) is 4.51. The van der Waals surface area contributed by atoms with Crippen LogP contribution in [0.25, 0.3) is 6.08 Å². The number of hydrogen-bond donors (Lipinski definition) is 2. The van der Waals surface area contributed by atoms with Gasteiger partial charge in [-0.15, -0.1) is 0 Å². The van der Waals surface area contributed by atoms with Crippen molar-refractivity contribution < 1.29 is 19.1 Å². The molecule has 1 heterocycles. The summed E-state index contributed by atoms with van der Waals surface area (Å²) >= 11 is 0. The van der Waals surface area contributed by atoms with E-state index in [2.05, 4.69) is 10.6 Å². The number of carbonyl (C=O) groups is 2. The van der Waals surface area contributed by atoms with Gasteiger partial charge in [0.1, 0.15) is 17.6 Å². The van der Waals surface area contributed by atoms with Crippen molar-refractivity contribution in [3.8, 4) is 11.5 Å². The summed E-state index contributed by atoms with van der Waals surface area (Å²) in [6.07, 6.45) is 4.19. The Balaban J connectivity index is 1.72. The first kappa shape index (κ1) is 22.4. The molecule has 2 amide bonds. The maximum absolute atomic E-state index is 12.5. The molecule has 6 nitrogen and oxygen atoms in total. The Morgan fingerprint density at radius 2 is 2.03 bits per heavy atom. The first-order valence-electron chi connectivity index (χ1n) is 10.6. The number of carbonyl (C=O) groups excluding carboxylic acids is 2. The van der Waals surface area contributed by atoms with Gasteiger partial charge in [-0.1, -0.05) is 0 Å². The van der Waals surface area contributed by atoms with Crippen LogP contribution in [0.2, 0.25) is 0 Å². The molecule has 0 saturated heterocycles. The highest BCUT2D eigenvalue weighted by Gasteiger charge is 2.21. The lowest BCUT2D eigenvalue weighted by Gasteiger charge is -2.12. The van der Waals surface area contributed by atoms with Crippen LogP contribution >= 0.6 is 0 Å². The molecule has 6 heteroatoms. The van der Waals surface area contributed by atoms with Crippen LogP contribution < -0.4 is 20.1 Å². The standard InChI is InChI=1S/C25H30N2O4/c1-6-30-22-14-19-12-17(5)31-23(19)13-18(22)7-10-24(28)27-20-8-9-21(16(4)11-20)25(29)26-15(2)3/h7-11,13-15,17H,6,12H2,1-5H3,(H,26,29)(H,27,28)/b10-7+. The molecular weight excluding hydrogens is 392 g/mol. The van der Waals surface area contributed by atoms with Gasteiger partial charge in [-0.05, 0) is 76.6 Å². The van der Waals surface area contributed by atoms with Gasteiger partial charge in [-0.25, -0.2) is 0 Å². The molecule has 0 radical (unpaired) electrons. The molecule has 3 rings (SSSR count). The van der Waals surface area contributed by atoms with Crippen molar-refractivity contribution in [3.05, 3.63) is 58.7 Å². The highest BCUT2D eigenvalue weighted by Crippen LogP contribution is 2.35. The van der Waals surface area contributed by atoms with Crippen molar-refractivity contribution in [2.24, 2.45) is 0 Å². The fourth-order valence-corrected chi connectivity index (χ4v) is 3.55. The number of aryl methyl sites for hydroxylation is 1. The van der Waals surface area contributed by atoms with Crippen molar-refractivity contribution >= 4 is 23.6 Å². The first-order valence-corrected chi connectivity index (χ1v) is 10.6. The normalized spacial score (nSPS) is 15.0. The molecule has 1 aliphatic rings. The number of benzene rings is 2. The second-order valence-electron chi connectivity index (χ2n) is 8.04. The second-order valence-corrected chi connectivity index (χ2v) is 8.04. The Labute approximate surface area is 183 Å². The third-order valence-corrected chi connectivity index (χ3v) is 4.90. The zero-order chi connectivity index (χ0) is 22.5. The molecule has 2 aromatic carbocycles. The molecule has 1 atom stereocenters. The van der Waals surface area contributed by atoms with Gasteiger partial charge in [0.2, 0.25) is 5.91 Å². The van der Waals surface area contributed by atoms with Crippen LogP contribution in [0.1, 0.15) is 54.7 Å². The van der Waals surface area contributed by atoms with Crippen molar-refractivity contribution in [1.82, 2.24) is 5.32 Å². The molecule has 0 aliphatic carbocycles. The molecule has 0 spiro atoms. The fraction of sp³-hybridized carbons (Fsp3) is 0.360. The van der Waals surface area contributed by atoms with Crippen LogP contribution in [0.4, 0.5) is 5.69 Å². The van der Waals surface area contributed by atoms with E-state index in [4.69, 9.17) is 9.47 Å². The first-order chi connectivity index (χ1) is 14.8. The summed E-state index contributed by atoms with van der Waals surface area (Å²) in [5.74, 6) is 1.18. The van der Waals surface area contributed by atoms with Gasteiger partial charge in [-0.3, -0.25) is 9.59 Å². The van der Waals surface area contributed by atoms with Gasteiger partial charge >= 0.3 is 0 Å². The number of hydrogen-bond acceptors (Lipinski definition) is 4. The van der Waals surface area contributed by atoms with E-state index in [1.54, 1.807) is 24.3 Å². The van der Waals surface area contributed by atoms with Gasteiger partial charge in [-0.2, -0.15) is 0 Å². The summed E-state index contributed by atoms with van der Waals surface area (Å²) in [4.78, 5) is 24.7. The Morgan fingerprint density at radius 3 is 2.71 bits per heavy atom. The van der Waals surface area contributed by atoms with Crippen LogP contribution in [0.3, 0.4) is 0 Å². The van der Waals surface area contributed by atoms with Crippen LogP contribution in [-0.2, 0) is 11.2 Å². The van der Waals surface area contributed by atoms with Crippen LogP contribution in [0.15, 0.2) is 36.4 Å². The molecule has 2 N–H and O–H groups in total. The minimum Gasteiger partial charge on any atom is -0.493 e. The smallest absolute Gasteiger partial charge is 0.251 e. The van der Waals surface area contributed by atoms with E-state index >= 15 is 0 Å². The molecule has 0 fully saturated rings. The maximum atomic E-state index is 12.5. The zero-order valence-corrected chi connectivity index (χ0v) is 18.7. The topological polar surface area (TPSA) is 76.7 Å². The lowest BCUT2D eigenvalue weighted by molar-refractivity contribution is -0.111. The number of amides is 2. The number of anilines is 1. The minimum atomic E-state index is -0.268. The Hall–Kier alpha value is -3.28. The van der Waals surface area contributed by atoms with Crippen molar-refractivity contribution in [3.63, 3.8) is 0 Å². The average Bonchev–Trinajstić information content (AvgIpc) is 3.04. The highest BCUT2D eigenvalue weighted by atomic mass is 16.5. The summed E-state index contributed by atoms with van der Waals surface area (Å²) in [7, 11) is 0. The van der Waals surface area contributed by atoms with Gasteiger partial charge in [0.25, 0.3) is 5.91 Å². The molecule has 1 aliphatic heterocycles. The van der Waals surface area contributed by atoms with Gasteiger partial charge < -0.3 is 20.1 Å². The van der Waals surface area contributed by atoms with Crippen molar-refractivity contribution in [2.75, 3.05) is 11.9 Å². The monoisotopic (exact) mass is 422 g/mol. The van der Waals surface area contributed by atoms with Crippen molar-refractivity contribution in [2.45, 2.75) is 53.2 Å². The fourth-order valence-electron chi connectivity index (χ4n) is 3.55. The summed E-state index contributed by atoms with van der Waals surface area (Å²) < 4.78 is 11.6. The van der Waals surface area contributed by atoms with E-state index < -0.39 is 0 Å². The molecule has 0 saturated carbocycles. The molecule has 31 heavy (non-hydrogen) atoms. The molecular formula is C25H30N2O4. The zero-order valence-electron chi connectivity index (χ0n) is 18.7. The summed E-state index contributed by atoms with van der Waals surface area (Å²) in [6.45, 7) is 10.2. The van der Waals surface area contributed by atoms with E-state index in [1.165, 1.54) is 6.08 Å². The third-order valence-electron chi connectivity index (χ3n) is 4.90. The number of fused-ring (bicyclic) bond motifs is 1. The minimum absolute atomic E-state index is 0.0609. The van der Waals surface area contributed by atoms with Crippen LogP contribution in [-0.4, -0.2) is 30.6 Å². The van der Waals surface area contributed by atoms with Gasteiger partial charge in [0.05, 0.1) is 6.61 Å². The summed E-state index contributed by atoms with van der Waals surface area (Å²) in [5.41, 5.74) is 3.93. The average molecular weight is 423 g/mol. The van der Waals surface area contributed by atoms with E-state index in [1.807, 2.05) is 46.8 Å². The molecule has 1 unspecified atom stereocenters. The van der Waals surface area contributed by atoms with Gasteiger partial charge in [0.15, 0.2) is 0 Å². The molecule has 0 bridgehead atoms. The van der Waals surface area contributed by atoms with Gasteiger partial charge in [0, 0.05) is 40.9 Å². The van der Waals surface area contributed by atoms with E-state index in [0.29, 0.717) is 17.9 Å². The third kappa shape index (κ3) is 5.66. The second kappa shape index (κ2) is 9.69.